The first-order valence-electron chi connectivity index (χ1n) is 9.98. The molecular weight excluding hydrogens is 410 g/mol. The number of rotatable bonds is 4. The molecule has 3 aromatic carbocycles. The Kier molecular flexibility index (Phi) is 5.75. The van der Waals surface area contributed by atoms with Crippen LogP contribution in [0.5, 0.6) is 11.5 Å². The summed E-state index contributed by atoms with van der Waals surface area (Å²) in [5.41, 5.74) is 5.77. The minimum Gasteiger partial charge on any atom is -0.493 e. The van der Waals surface area contributed by atoms with Crippen LogP contribution in [0.2, 0.25) is 5.02 Å². The number of halogens is 1. The van der Waals surface area contributed by atoms with Crippen LogP contribution >= 0.6 is 11.6 Å². The predicted octanol–water partition coefficient (Wildman–Crippen LogP) is 6.93. The van der Waals surface area contributed by atoms with Gasteiger partial charge in [0.25, 0.3) is 0 Å². The lowest BCUT2D eigenvalue weighted by molar-refractivity contribution is 0.355. The Labute approximate surface area is 186 Å². The van der Waals surface area contributed by atoms with Gasteiger partial charge in [-0.25, -0.2) is 4.99 Å². The van der Waals surface area contributed by atoms with Gasteiger partial charge in [-0.1, -0.05) is 23.7 Å². The highest BCUT2D eigenvalue weighted by atomic mass is 35.5. The van der Waals surface area contributed by atoms with E-state index in [9.17, 15) is 0 Å². The maximum Gasteiger partial charge on any atom is 0.161 e. The summed E-state index contributed by atoms with van der Waals surface area (Å²) < 4.78 is 17.2. The van der Waals surface area contributed by atoms with E-state index in [0.717, 1.165) is 44.3 Å². The van der Waals surface area contributed by atoms with Crippen molar-refractivity contribution in [3.05, 3.63) is 81.7 Å². The molecule has 0 saturated heterocycles. The van der Waals surface area contributed by atoms with Gasteiger partial charge in [0, 0.05) is 22.0 Å². The number of ether oxygens (including phenoxy) is 2. The molecule has 0 spiro atoms. The second-order valence-corrected chi connectivity index (χ2v) is 8.00. The molecule has 0 aliphatic carbocycles. The third kappa shape index (κ3) is 4.17. The quantitative estimate of drug-likeness (QED) is 0.350. The Bertz CT molecular complexity index is 1360. The highest BCUT2D eigenvalue weighted by Gasteiger charge is 2.12. The molecule has 0 saturated carbocycles. The number of nitrogens with zero attached hydrogens (tertiary/aromatic N) is 1. The fraction of sp³-hybridized carbons (Fsp3) is 0.192. The maximum absolute atomic E-state index is 6.33. The van der Waals surface area contributed by atoms with Crippen molar-refractivity contribution in [2.45, 2.75) is 20.8 Å². The number of hydrogen-bond acceptors (Lipinski definition) is 4. The van der Waals surface area contributed by atoms with Gasteiger partial charge in [0.15, 0.2) is 11.5 Å². The molecule has 5 heteroatoms. The highest BCUT2D eigenvalue weighted by Crippen LogP contribution is 2.33. The van der Waals surface area contributed by atoms with E-state index < -0.39 is 0 Å². The van der Waals surface area contributed by atoms with Crippen LogP contribution < -0.4 is 14.8 Å². The van der Waals surface area contributed by atoms with Crippen molar-refractivity contribution in [2.75, 3.05) is 14.2 Å². The van der Waals surface area contributed by atoms with Crippen LogP contribution in [0.25, 0.3) is 22.3 Å². The van der Waals surface area contributed by atoms with E-state index in [0.29, 0.717) is 22.3 Å². The Morgan fingerprint density at radius 1 is 0.806 bits per heavy atom. The fourth-order valence-corrected chi connectivity index (χ4v) is 3.90. The number of hydrogen-bond donors (Lipinski definition) is 0. The Balaban J connectivity index is 2.04. The molecule has 31 heavy (non-hydrogen) atoms. The third-order valence-electron chi connectivity index (χ3n) is 5.27. The summed E-state index contributed by atoms with van der Waals surface area (Å²) >= 11 is 6.24. The molecule has 0 aliphatic heterocycles. The fourth-order valence-electron chi connectivity index (χ4n) is 3.73. The summed E-state index contributed by atoms with van der Waals surface area (Å²) in [6, 6.07) is 17.6. The molecule has 0 unspecified atom stereocenters. The molecular formula is C26H24ClNO3. The lowest BCUT2D eigenvalue weighted by Crippen LogP contribution is -2.06. The average Bonchev–Trinajstić information content (AvgIpc) is 2.75. The van der Waals surface area contributed by atoms with Crippen LogP contribution in [0, 0.1) is 20.8 Å². The SMILES string of the molecule is COc1ccc(-c2cc(=Nc3cc(Cl)ccc3C)c3c(C)cc(C)cc3o2)cc1OC. The molecule has 0 amide bonds. The second-order valence-electron chi connectivity index (χ2n) is 7.56. The van der Waals surface area contributed by atoms with Gasteiger partial charge in [-0.3, -0.25) is 0 Å². The van der Waals surface area contributed by atoms with Gasteiger partial charge in [0.05, 0.1) is 25.3 Å². The van der Waals surface area contributed by atoms with Gasteiger partial charge >= 0.3 is 0 Å². The van der Waals surface area contributed by atoms with E-state index >= 15 is 0 Å². The van der Waals surface area contributed by atoms with Crippen LogP contribution in [-0.2, 0) is 0 Å². The minimum atomic E-state index is 0.639. The Hall–Kier alpha value is -3.24. The van der Waals surface area contributed by atoms with Crippen LogP contribution in [-0.4, -0.2) is 14.2 Å². The lowest BCUT2D eigenvalue weighted by Gasteiger charge is -2.11. The summed E-state index contributed by atoms with van der Waals surface area (Å²) in [6.07, 6.45) is 0. The number of methoxy groups -OCH3 is 2. The molecule has 0 N–H and O–H groups in total. The first kappa shape index (κ1) is 21.0. The monoisotopic (exact) mass is 433 g/mol. The van der Waals surface area contributed by atoms with E-state index in [2.05, 4.69) is 19.9 Å². The van der Waals surface area contributed by atoms with Crippen molar-refractivity contribution >= 4 is 28.3 Å². The molecule has 4 aromatic rings. The van der Waals surface area contributed by atoms with Crippen molar-refractivity contribution in [2.24, 2.45) is 4.99 Å². The molecule has 4 nitrogen and oxygen atoms in total. The van der Waals surface area contributed by atoms with Crippen molar-refractivity contribution in [3.63, 3.8) is 0 Å². The van der Waals surface area contributed by atoms with Gasteiger partial charge in [0.2, 0.25) is 0 Å². The molecule has 0 aliphatic rings. The summed E-state index contributed by atoms with van der Waals surface area (Å²) in [5, 5.41) is 2.46. The summed E-state index contributed by atoms with van der Waals surface area (Å²) in [4.78, 5) is 4.98. The van der Waals surface area contributed by atoms with E-state index in [1.54, 1.807) is 14.2 Å². The molecule has 1 aromatic heterocycles. The molecule has 0 radical (unpaired) electrons. The van der Waals surface area contributed by atoms with Crippen LogP contribution in [0.4, 0.5) is 5.69 Å². The normalized spacial score (nSPS) is 11.7. The van der Waals surface area contributed by atoms with E-state index in [4.69, 9.17) is 30.5 Å². The van der Waals surface area contributed by atoms with Crippen LogP contribution in [0.15, 0.2) is 64.0 Å². The summed E-state index contributed by atoms with van der Waals surface area (Å²) in [7, 11) is 3.24. The zero-order valence-corrected chi connectivity index (χ0v) is 19.0. The smallest absolute Gasteiger partial charge is 0.161 e. The molecule has 0 bridgehead atoms. The number of fused-ring (bicyclic) bond motifs is 1. The van der Waals surface area contributed by atoms with Gasteiger partial charge in [0.1, 0.15) is 11.3 Å². The average molecular weight is 434 g/mol. The molecule has 158 valence electrons. The van der Waals surface area contributed by atoms with Crippen molar-refractivity contribution < 1.29 is 13.9 Å². The maximum atomic E-state index is 6.33. The van der Waals surface area contributed by atoms with E-state index in [1.165, 1.54) is 0 Å². The third-order valence-corrected chi connectivity index (χ3v) is 5.50. The van der Waals surface area contributed by atoms with Crippen LogP contribution in [0.1, 0.15) is 16.7 Å². The first-order chi connectivity index (χ1) is 14.9. The van der Waals surface area contributed by atoms with Crippen molar-refractivity contribution in [1.82, 2.24) is 0 Å². The zero-order chi connectivity index (χ0) is 22.1. The second kappa shape index (κ2) is 8.48. The predicted molar refractivity (Wildman–Crippen MR) is 126 cm³/mol. The molecule has 0 fully saturated rings. The molecule has 0 atom stereocenters. The van der Waals surface area contributed by atoms with Gasteiger partial charge in [-0.05, 0) is 73.9 Å². The topological polar surface area (TPSA) is 44.0 Å². The lowest BCUT2D eigenvalue weighted by atomic mass is 10.0. The Morgan fingerprint density at radius 3 is 2.32 bits per heavy atom. The number of benzene rings is 3. The minimum absolute atomic E-state index is 0.639. The molecule has 1 heterocycles. The Morgan fingerprint density at radius 2 is 1.58 bits per heavy atom. The standard InChI is InChI=1S/C26H24ClNO3/c1-15-10-17(3)26-21(28-20-13-19(27)8-6-16(20)2)14-23(31-25(26)11-15)18-7-9-22(29-4)24(12-18)30-5/h6-14H,1-5H3. The van der Waals surface area contributed by atoms with Crippen LogP contribution in [0.3, 0.4) is 0 Å². The van der Waals surface area contributed by atoms with Gasteiger partial charge < -0.3 is 13.9 Å². The van der Waals surface area contributed by atoms with Crippen molar-refractivity contribution in [3.8, 4) is 22.8 Å². The highest BCUT2D eigenvalue weighted by molar-refractivity contribution is 6.30. The number of aryl methyl sites for hydroxylation is 3. The first-order valence-corrected chi connectivity index (χ1v) is 10.4. The molecule has 4 rings (SSSR count). The van der Waals surface area contributed by atoms with Gasteiger partial charge in [-0.15, -0.1) is 0 Å². The summed E-state index contributed by atoms with van der Waals surface area (Å²) in [5.74, 6) is 2.00. The largest absolute Gasteiger partial charge is 0.493 e. The van der Waals surface area contributed by atoms with E-state index in [-0.39, 0.29) is 0 Å². The summed E-state index contributed by atoms with van der Waals surface area (Å²) in [6.45, 7) is 6.16. The van der Waals surface area contributed by atoms with Gasteiger partial charge in [-0.2, -0.15) is 0 Å². The zero-order valence-electron chi connectivity index (χ0n) is 18.2. The van der Waals surface area contributed by atoms with Crippen molar-refractivity contribution in [1.29, 1.82) is 0 Å². The van der Waals surface area contributed by atoms with E-state index in [1.807, 2.05) is 55.5 Å².